The molecule has 0 atom stereocenters. The van der Waals surface area contributed by atoms with Gasteiger partial charge in [-0.25, -0.2) is 8.42 Å². The van der Waals surface area contributed by atoms with Crippen molar-refractivity contribution in [2.45, 2.75) is 57.5 Å². The third-order valence-corrected chi connectivity index (χ3v) is 6.58. The average Bonchev–Trinajstić information content (AvgIpc) is 3.02. The molecule has 0 aliphatic carbocycles. The lowest BCUT2D eigenvalue weighted by Crippen LogP contribution is -2.34. The molecule has 1 aromatic carbocycles. The fourth-order valence-corrected chi connectivity index (χ4v) is 4.47. The Morgan fingerprint density at radius 3 is 2.03 bits per heavy atom. The Morgan fingerprint density at radius 2 is 1.59 bits per heavy atom. The van der Waals surface area contributed by atoms with Crippen molar-refractivity contribution in [1.82, 2.24) is 5.16 Å². The zero-order valence-electron chi connectivity index (χ0n) is 16.9. The molecule has 2 aromatic rings. The van der Waals surface area contributed by atoms with E-state index in [9.17, 15) is 26.4 Å². The van der Waals surface area contributed by atoms with E-state index in [-0.39, 0.29) is 22.5 Å². The molecule has 0 bridgehead atoms. The number of halogens is 3. The fraction of sp³-hybridized carbons (Fsp3) is 0.500. The number of benzene rings is 1. The molecule has 2 rings (SSSR count). The maximum absolute atomic E-state index is 12.7. The first-order chi connectivity index (χ1) is 13.0. The van der Waals surface area contributed by atoms with Crippen molar-refractivity contribution < 1.29 is 30.9 Å². The second-order valence-electron chi connectivity index (χ2n) is 8.70. The normalized spacial score (nSPS) is 13.5. The van der Waals surface area contributed by atoms with Gasteiger partial charge in [0.15, 0.2) is 9.84 Å². The average molecular weight is 431 g/mol. The quantitative estimate of drug-likeness (QED) is 0.668. The van der Waals surface area contributed by atoms with Crippen LogP contribution in [0.5, 0.6) is 0 Å². The van der Waals surface area contributed by atoms with Crippen LogP contribution in [-0.2, 0) is 32.6 Å². The van der Waals surface area contributed by atoms with Gasteiger partial charge in [0.1, 0.15) is 11.5 Å². The number of sulfone groups is 1. The lowest BCUT2D eigenvalue weighted by molar-refractivity contribution is -0.137. The van der Waals surface area contributed by atoms with E-state index in [0.717, 1.165) is 12.1 Å². The largest absolute Gasteiger partial charge is 0.416 e. The highest BCUT2D eigenvalue weighted by Gasteiger charge is 2.36. The number of rotatable bonds is 6. The second kappa shape index (κ2) is 7.59. The minimum atomic E-state index is -4.55. The van der Waals surface area contributed by atoms with Crippen molar-refractivity contribution in [3.63, 3.8) is 0 Å². The Hall–Kier alpha value is -2.16. The van der Waals surface area contributed by atoms with Crippen molar-refractivity contribution >= 4 is 15.6 Å². The summed E-state index contributed by atoms with van der Waals surface area (Å²) >= 11 is 0. The molecule has 0 fully saturated rings. The molecule has 0 amide bonds. The number of carbonyl (C=O) groups excluding carboxylic acids is 1. The van der Waals surface area contributed by atoms with E-state index < -0.39 is 32.7 Å². The van der Waals surface area contributed by atoms with Crippen LogP contribution < -0.4 is 0 Å². The highest BCUT2D eigenvalue weighted by atomic mass is 32.2. The van der Waals surface area contributed by atoms with Crippen LogP contribution in [0.4, 0.5) is 13.2 Å². The van der Waals surface area contributed by atoms with Crippen molar-refractivity contribution in [2.24, 2.45) is 5.41 Å². The van der Waals surface area contributed by atoms with Gasteiger partial charge in [-0.2, -0.15) is 13.2 Å². The van der Waals surface area contributed by atoms with Crippen LogP contribution in [0.25, 0.3) is 0 Å². The van der Waals surface area contributed by atoms with Crippen molar-refractivity contribution in [1.29, 1.82) is 0 Å². The number of nitrogens with zero attached hydrogens (tertiary/aromatic N) is 1. The summed E-state index contributed by atoms with van der Waals surface area (Å²) in [5.41, 5.74) is -2.08. The topological polar surface area (TPSA) is 77.2 Å². The van der Waals surface area contributed by atoms with Crippen LogP contribution in [0.1, 0.15) is 51.6 Å². The van der Waals surface area contributed by atoms with Crippen LogP contribution in [0.15, 0.2) is 39.8 Å². The second-order valence-corrected chi connectivity index (χ2v) is 10.7. The molecule has 9 heteroatoms. The third-order valence-electron chi connectivity index (χ3n) is 4.49. The van der Waals surface area contributed by atoms with E-state index in [4.69, 9.17) is 4.52 Å². The first-order valence-electron chi connectivity index (χ1n) is 8.92. The van der Waals surface area contributed by atoms with E-state index in [1.807, 2.05) is 20.8 Å². The molecule has 0 aliphatic heterocycles. The van der Waals surface area contributed by atoms with E-state index in [1.165, 1.54) is 13.8 Å². The van der Waals surface area contributed by atoms with Gasteiger partial charge in [-0.15, -0.1) is 0 Å². The van der Waals surface area contributed by atoms with Crippen LogP contribution >= 0.6 is 0 Å². The smallest absolute Gasteiger partial charge is 0.361 e. The summed E-state index contributed by atoms with van der Waals surface area (Å²) in [7, 11) is -3.97. The number of ketones is 1. The SMILES string of the molecule is CC(C)(CS(=O)(=O)c1ccc(C(F)(F)F)cc1)C(=O)Cc1cc(C(C)(C)C)on1. The first-order valence-corrected chi connectivity index (χ1v) is 10.6. The summed E-state index contributed by atoms with van der Waals surface area (Å²) in [5, 5.41) is 3.87. The molecule has 0 N–H and O–H groups in total. The molecule has 0 spiro atoms. The van der Waals surface area contributed by atoms with Gasteiger partial charge in [-0.05, 0) is 24.3 Å². The van der Waals surface area contributed by atoms with Crippen LogP contribution in [0.2, 0.25) is 0 Å². The third kappa shape index (κ3) is 5.68. The van der Waals surface area contributed by atoms with Gasteiger partial charge in [0.2, 0.25) is 0 Å². The summed E-state index contributed by atoms with van der Waals surface area (Å²) in [6, 6.07) is 4.91. The number of hydrogen-bond acceptors (Lipinski definition) is 5. The van der Waals surface area contributed by atoms with Crippen LogP contribution in [-0.4, -0.2) is 25.1 Å². The Balaban J connectivity index is 2.16. The summed E-state index contributed by atoms with van der Waals surface area (Å²) in [5.74, 6) is -0.286. The van der Waals surface area contributed by atoms with Gasteiger partial charge in [-0.3, -0.25) is 4.79 Å². The molecule has 0 saturated carbocycles. The number of carbonyl (C=O) groups is 1. The van der Waals surface area contributed by atoms with E-state index in [2.05, 4.69) is 5.16 Å². The summed E-state index contributed by atoms with van der Waals surface area (Å²) in [6.45, 7) is 8.77. The molecule has 0 aliphatic rings. The lowest BCUT2D eigenvalue weighted by atomic mass is 9.87. The Labute approximate surface area is 168 Å². The predicted octanol–water partition coefficient (Wildman–Crippen LogP) is 4.60. The molecule has 0 saturated heterocycles. The van der Waals surface area contributed by atoms with Gasteiger partial charge >= 0.3 is 6.18 Å². The van der Waals surface area contributed by atoms with E-state index in [1.54, 1.807) is 6.07 Å². The maximum Gasteiger partial charge on any atom is 0.416 e. The number of alkyl halides is 3. The van der Waals surface area contributed by atoms with Crippen molar-refractivity contribution in [2.75, 3.05) is 5.75 Å². The fourth-order valence-electron chi connectivity index (χ4n) is 2.64. The van der Waals surface area contributed by atoms with Crippen molar-refractivity contribution in [3.8, 4) is 0 Å². The standard InChI is InChI=1S/C20H24F3NO4S/c1-18(2,3)17-11-14(24-28-17)10-16(25)19(4,5)12-29(26,27)15-8-6-13(7-9-15)20(21,22)23/h6-9,11H,10,12H2,1-5H3. The molecule has 1 heterocycles. The highest BCUT2D eigenvalue weighted by molar-refractivity contribution is 7.91. The van der Waals surface area contributed by atoms with Gasteiger partial charge < -0.3 is 4.52 Å². The minimum absolute atomic E-state index is 0.102. The molecular formula is C20H24F3NO4S. The molecular weight excluding hydrogens is 407 g/mol. The Bertz CT molecular complexity index is 982. The number of Topliss-reactive ketones (excluding diaryl/α,β-unsaturated/α-hetero) is 1. The van der Waals surface area contributed by atoms with Gasteiger partial charge in [0, 0.05) is 16.9 Å². The molecule has 0 unspecified atom stereocenters. The van der Waals surface area contributed by atoms with Gasteiger partial charge in [-0.1, -0.05) is 39.8 Å². The molecule has 5 nitrogen and oxygen atoms in total. The minimum Gasteiger partial charge on any atom is -0.361 e. The highest BCUT2D eigenvalue weighted by Crippen LogP contribution is 2.31. The Kier molecular flexibility index (Phi) is 6.05. The number of aromatic nitrogens is 1. The first kappa shape index (κ1) is 23.1. The molecule has 160 valence electrons. The van der Waals surface area contributed by atoms with Crippen LogP contribution in [0.3, 0.4) is 0 Å². The van der Waals surface area contributed by atoms with Gasteiger partial charge in [0.05, 0.1) is 28.3 Å². The van der Waals surface area contributed by atoms with E-state index in [0.29, 0.717) is 23.6 Å². The van der Waals surface area contributed by atoms with Crippen molar-refractivity contribution in [3.05, 3.63) is 47.3 Å². The monoisotopic (exact) mass is 431 g/mol. The summed E-state index contributed by atoms with van der Waals surface area (Å²) in [4.78, 5) is 12.4. The molecule has 29 heavy (non-hydrogen) atoms. The molecule has 1 aromatic heterocycles. The maximum atomic E-state index is 12.7. The summed E-state index contributed by atoms with van der Waals surface area (Å²) < 4.78 is 68.5. The molecule has 0 radical (unpaired) electrons. The zero-order chi connectivity index (χ0) is 22.3. The summed E-state index contributed by atoms with van der Waals surface area (Å²) in [6.07, 6.45) is -4.66. The number of hydrogen-bond donors (Lipinski definition) is 0. The van der Waals surface area contributed by atoms with E-state index >= 15 is 0 Å². The predicted molar refractivity (Wildman–Crippen MR) is 101 cm³/mol. The lowest BCUT2D eigenvalue weighted by Gasteiger charge is -2.22. The van der Waals surface area contributed by atoms with Crippen LogP contribution in [0, 0.1) is 5.41 Å². The zero-order valence-corrected chi connectivity index (χ0v) is 17.7. The van der Waals surface area contributed by atoms with Gasteiger partial charge in [0.25, 0.3) is 0 Å². The Morgan fingerprint density at radius 1 is 1.03 bits per heavy atom.